The summed E-state index contributed by atoms with van der Waals surface area (Å²) in [5, 5.41) is 18.9. The van der Waals surface area contributed by atoms with Crippen LogP contribution in [0.4, 0.5) is 4.39 Å². The molecule has 2 atom stereocenters. The Morgan fingerprint density at radius 2 is 2.06 bits per heavy atom. The minimum absolute atomic E-state index is 0.0297. The lowest BCUT2D eigenvalue weighted by Gasteiger charge is -2.31. The van der Waals surface area contributed by atoms with Gasteiger partial charge in [0.15, 0.2) is 5.67 Å². The number of alkyl halides is 1. The SMILES string of the molecule is CCOC(=O)C(O)(C#N)C(C)(F)c1ccccc1. The molecule has 0 saturated heterocycles. The molecule has 0 aliphatic rings. The predicted octanol–water partition coefficient (Wildman–Crippen LogP) is 1.69. The zero-order valence-corrected chi connectivity index (χ0v) is 10.2. The molecule has 0 saturated carbocycles. The maximum absolute atomic E-state index is 14.7. The number of halogens is 1. The number of aliphatic hydroxyl groups is 1. The summed E-state index contributed by atoms with van der Waals surface area (Å²) in [6.45, 7) is 2.43. The van der Waals surface area contributed by atoms with Gasteiger partial charge in [-0.15, -0.1) is 0 Å². The second kappa shape index (κ2) is 5.15. The number of ether oxygens (including phenoxy) is 1. The molecule has 4 nitrogen and oxygen atoms in total. The van der Waals surface area contributed by atoms with Crippen LogP contribution in [0.15, 0.2) is 30.3 Å². The zero-order chi connectivity index (χ0) is 13.8. The summed E-state index contributed by atoms with van der Waals surface area (Å²) in [7, 11) is 0. The van der Waals surface area contributed by atoms with Crippen LogP contribution < -0.4 is 0 Å². The van der Waals surface area contributed by atoms with Crippen LogP contribution in [0.2, 0.25) is 0 Å². The van der Waals surface area contributed by atoms with Crippen LogP contribution in [0.25, 0.3) is 0 Å². The van der Waals surface area contributed by atoms with Crippen molar-refractivity contribution in [2.45, 2.75) is 25.1 Å². The van der Waals surface area contributed by atoms with Crippen molar-refractivity contribution < 1.29 is 19.0 Å². The molecule has 0 aliphatic heterocycles. The zero-order valence-electron chi connectivity index (χ0n) is 10.2. The maximum Gasteiger partial charge on any atom is 0.357 e. The molecule has 5 heteroatoms. The van der Waals surface area contributed by atoms with Crippen LogP contribution in [0, 0.1) is 11.3 Å². The van der Waals surface area contributed by atoms with E-state index >= 15 is 0 Å². The van der Waals surface area contributed by atoms with Gasteiger partial charge in [-0.05, 0) is 19.4 Å². The molecule has 0 amide bonds. The first-order chi connectivity index (χ1) is 8.40. The highest BCUT2D eigenvalue weighted by Crippen LogP contribution is 2.37. The molecular weight excluding hydrogens is 237 g/mol. The van der Waals surface area contributed by atoms with Gasteiger partial charge in [-0.2, -0.15) is 5.26 Å². The van der Waals surface area contributed by atoms with Crippen molar-refractivity contribution in [3.63, 3.8) is 0 Å². The number of esters is 1. The van der Waals surface area contributed by atoms with Gasteiger partial charge in [0.05, 0.1) is 6.61 Å². The predicted molar refractivity (Wildman–Crippen MR) is 62.1 cm³/mol. The van der Waals surface area contributed by atoms with Crippen molar-refractivity contribution in [2.75, 3.05) is 6.61 Å². The lowest BCUT2D eigenvalue weighted by atomic mass is 9.81. The fourth-order valence-corrected chi connectivity index (χ4v) is 1.54. The Bertz CT molecular complexity index is 467. The first-order valence-electron chi connectivity index (χ1n) is 5.45. The lowest BCUT2D eigenvalue weighted by molar-refractivity contribution is -0.173. The van der Waals surface area contributed by atoms with E-state index in [1.54, 1.807) is 18.2 Å². The number of benzene rings is 1. The van der Waals surface area contributed by atoms with Gasteiger partial charge in [0.1, 0.15) is 6.07 Å². The normalized spacial score (nSPS) is 17.1. The van der Waals surface area contributed by atoms with Crippen LogP contribution in [-0.2, 0) is 15.2 Å². The number of rotatable bonds is 4. The molecule has 1 N–H and O–H groups in total. The van der Waals surface area contributed by atoms with Crippen LogP contribution in [0.5, 0.6) is 0 Å². The van der Waals surface area contributed by atoms with E-state index in [4.69, 9.17) is 5.26 Å². The number of carbonyl (C=O) groups is 1. The molecule has 0 heterocycles. The summed E-state index contributed by atoms with van der Waals surface area (Å²) < 4.78 is 19.2. The molecule has 18 heavy (non-hydrogen) atoms. The van der Waals surface area contributed by atoms with Gasteiger partial charge < -0.3 is 9.84 Å². The van der Waals surface area contributed by atoms with Crippen molar-refractivity contribution in [2.24, 2.45) is 0 Å². The van der Waals surface area contributed by atoms with E-state index < -0.39 is 17.2 Å². The van der Waals surface area contributed by atoms with E-state index in [1.165, 1.54) is 25.1 Å². The Labute approximate surface area is 105 Å². The van der Waals surface area contributed by atoms with Crippen LogP contribution in [0.1, 0.15) is 19.4 Å². The van der Waals surface area contributed by atoms with Gasteiger partial charge in [-0.3, -0.25) is 0 Å². The molecule has 1 aromatic rings. The largest absolute Gasteiger partial charge is 0.463 e. The summed E-state index contributed by atoms with van der Waals surface area (Å²) in [5.41, 5.74) is -5.40. The van der Waals surface area contributed by atoms with Crippen LogP contribution in [-0.4, -0.2) is 23.3 Å². The summed E-state index contributed by atoms with van der Waals surface area (Å²) in [6.07, 6.45) is 0. The Hall–Kier alpha value is -1.93. The van der Waals surface area contributed by atoms with Crippen molar-refractivity contribution >= 4 is 5.97 Å². The number of nitriles is 1. The van der Waals surface area contributed by atoms with Gasteiger partial charge in [-0.1, -0.05) is 30.3 Å². The third-order valence-corrected chi connectivity index (χ3v) is 2.73. The fraction of sp³-hybridized carbons (Fsp3) is 0.385. The van der Waals surface area contributed by atoms with Crippen molar-refractivity contribution in [1.29, 1.82) is 5.26 Å². The van der Waals surface area contributed by atoms with E-state index in [-0.39, 0.29) is 12.2 Å². The third kappa shape index (κ3) is 2.20. The Morgan fingerprint density at radius 3 is 2.50 bits per heavy atom. The minimum atomic E-state index is -2.87. The van der Waals surface area contributed by atoms with Crippen molar-refractivity contribution in [3.8, 4) is 6.07 Å². The standard InChI is InChI=1S/C13H14FNO3/c1-3-18-11(16)13(17,9-15)12(2,14)10-7-5-4-6-8-10/h4-8,17H,3H2,1-2H3. The fourth-order valence-electron chi connectivity index (χ4n) is 1.54. The Balaban J connectivity index is 3.23. The molecule has 2 unspecified atom stereocenters. The first kappa shape index (κ1) is 14.1. The van der Waals surface area contributed by atoms with E-state index in [1.807, 2.05) is 0 Å². The van der Waals surface area contributed by atoms with E-state index in [2.05, 4.69) is 4.74 Å². The average Bonchev–Trinajstić information content (AvgIpc) is 2.38. The van der Waals surface area contributed by atoms with Crippen LogP contribution in [0.3, 0.4) is 0 Å². The van der Waals surface area contributed by atoms with E-state index in [0.717, 1.165) is 6.92 Å². The van der Waals surface area contributed by atoms with Gasteiger partial charge in [0, 0.05) is 0 Å². The van der Waals surface area contributed by atoms with Gasteiger partial charge in [-0.25, -0.2) is 9.18 Å². The molecule has 0 bridgehead atoms. The minimum Gasteiger partial charge on any atom is -0.463 e. The molecule has 0 spiro atoms. The number of nitrogens with zero attached hydrogens (tertiary/aromatic N) is 1. The monoisotopic (exact) mass is 251 g/mol. The molecular formula is C13H14FNO3. The van der Waals surface area contributed by atoms with E-state index in [0.29, 0.717) is 0 Å². The average molecular weight is 251 g/mol. The highest BCUT2D eigenvalue weighted by Gasteiger charge is 2.57. The quantitative estimate of drug-likeness (QED) is 0.653. The second-order valence-corrected chi connectivity index (χ2v) is 3.91. The van der Waals surface area contributed by atoms with E-state index in [9.17, 15) is 14.3 Å². The summed E-state index contributed by atoms with van der Waals surface area (Å²) in [5.74, 6) is -1.29. The highest BCUT2D eigenvalue weighted by molar-refractivity contribution is 5.85. The third-order valence-electron chi connectivity index (χ3n) is 2.73. The van der Waals surface area contributed by atoms with Crippen LogP contribution >= 0.6 is 0 Å². The number of carbonyl (C=O) groups excluding carboxylic acids is 1. The smallest absolute Gasteiger partial charge is 0.357 e. The molecule has 0 radical (unpaired) electrons. The Morgan fingerprint density at radius 1 is 1.50 bits per heavy atom. The van der Waals surface area contributed by atoms with Gasteiger partial charge in [0.25, 0.3) is 5.60 Å². The number of hydrogen-bond donors (Lipinski definition) is 1. The number of hydrogen-bond acceptors (Lipinski definition) is 4. The van der Waals surface area contributed by atoms with Crippen molar-refractivity contribution in [1.82, 2.24) is 0 Å². The summed E-state index contributed by atoms with van der Waals surface area (Å²) >= 11 is 0. The molecule has 96 valence electrons. The summed E-state index contributed by atoms with van der Waals surface area (Å²) in [4.78, 5) is 11.6. The van der Waals surface area contributed by atoms with Gasteiger partial charge in [0.2, 0.25) is 0 Å². The topological polar surface area (TPSA) is 70.3 Å². The Kier molecular flexibility index (Phi) is 4.04. The molecule has 0 aromatic heterocycles. The second-order valence-electron chi connectivity index (χ2n) is 3.91. The summed E-state index contributed by atoms with van der Waals surface area (Å²) in [6, 6.07) is 8.85. The lowest BCUT2D eigenvalue weighted by Crippen LogP contribution is -2.53. The van der Waals surface area contributed by atoms with Gasteiger partial charge >= 0.3 is 5.97 Å². The highest BCUT2D eigenvalue weighted by atomic mass is 19.1. The molecule has 1 aromatic carbocycles. The first-order valence-corrected chi connectivity index (χ1v) is 5.45. The molecule has 1 rings (SSSR count). The van der Waals surface area contributed by atoms with Crippen molar-refractivity contribution in [3.05, 3.63) is 35.9 Å². The molecule has 0 fully saturated rings. The maximum atomic E-state index is 14.7. The molecule has 0 aliphatic carbocycles.